The summed E-state index contributed by atoms with van der Waals surface area (Å²) >= 11 is 0. The lowest BCUT2D eigenvalue weighted by Crippen LogP contribution is -2.60. The van der Waals surface area contributed by atoms with Gasteiger partial charge in [-0.25, -0.2) is 0 Å². The molecule has 24 N–H and O–H groups in total. The van der Waals surface area contributed by atoms with E-state index in [1.807, 2.05) is 20.8 Å². The van der Waals surface area contributed by atoms with Crippen LogP contribution in [-0.2, 0) is 75.2 Å². The predicted molar refractivity (Wildman–Crippen MR) is 357 cm³/mol. The lowest BCUT2D eigenvalue weighted by Gasteiger charge is -2.32. The quantitative estimate of drug-likeness (QED) is 0.0132. The number of anilines is 1. The molecule has 2 aliphatic rings. The largest absolute Gasteiger partial charge is 0.399 e. The number of carbonyl (C=O) groups is 13. The van der Waals surface area contributed by atoms with Gasteiger partial charge in [-0.1, -0.05) is 76.1 Å². The van der Waals surface area contributed by atoms with E-state index in [9.17, 15) is 62.3 Å². The molecule has 10 atom stereocenters. The summed E-state index contributed by atoms with van der Waals surface area (Å²) in [5.74, 6) is -10.4. The Balaban J connectivity index is 1.58. The molecule has 13 amide bonds. The van der Waals surface area contributed by atoms with Gasteiger partial charge in [0.15, 0.2) is 5.96 Å². The number of guanidine groups is 1. The molecule has 2 aliphatic heterocycles. The molecule has 2 fully saturated rings. The summed E-state index contributed by atoms with van der Waals surface area (Å²) in [6.45, 7) is 5.74. The number of aliphatic imine (C=N–C) groups is 1. The molecule has 2 saturated heterocycles. The summed E-state index contributed by atoms with van der Waals surface area (Å²) in [6, 6.07) is 2.19. The van der Waals surface area contributed by atoms with E-state index in [4.69, 9.17) is 45.9 Å². The number of hydrogen-bond acceptors (Lipinski definition) is 17. The molecular formula is C64H101N19O13. The van der Waals surface area contributed by atoms with Crippen molar-refractivity contribution in [3.8, 4) is 0 Å². The molecule has 0 radical (unpaired) electrons. The second kappa shape index (κ2) is 40.7. The fraction of sp³-hybridized carbons (Fsp3) is 0.594. The summed E-state index contributed by atoms with van der Waals surface area (Å²) in [7, 11) is 0. The molecule has 530 valence electrons. The van der Waals surface area contributed by atoms with Crippen LogP contribution in [0.25, 0.3) is 0 Å². The lowest BCUT2D eigenvalue weighted by atomic mass is 10.0. The minimum atomic E-state index is -1.66. The van der Waals surface area contributed by atoms with Crippen LogP contribution in [0, 0.1) is 5.92 Å². The first-order valence-corrected chi connectivity index (χ1v) is 32.9. The van der Waals surface area contributed by atoms with Crippen LogP contribution in [0.1, 0.15) is 141 Å². The maximum absolute atomic E-state index is 14.7. The second-order valence-corrected chi connectivity index (χ2v) is 24.7. The molecule has 32 heteroatoms. The van der Waals surface area contributed by atoms with Crippen LogP contribution in [0.15, 0.2) is 59.6 Å². The van der Waals surface area contributed by atoms with Crippen LogP contribution < -0.4 is 88.4 Å². The normalized spacial score (nSPS) is 16.8. The molecule has 2 heterocycles. The van der Waals surface area contributed by atoms with Gasteiger partial charge in [-0.15, -0.1) is 0 Å². The molecule has 0 unspecified atom stereocenters. The fourth-order valence-corrected chi connectivity index (χ4v) is 11.2. The highest BCUT2D eigenvalue weighted by Crippen LogP contribution is 2.24. The number of nitrogen functional groups attached to an aromatic ring is 1. The Kier molecular flexibility index (Phi) is 33.5. The Hall–Kier alpha value is -9.46. The summed E-state index contributed by atoms with van der Waals surface area (Å²) in [6.07, 6.45) is 2.52. The average molecular weight is 1340 g/mol. The number of nitrogens with two attached hydrogens (primary N) is 8. The van der Waals surface area contributed by atoms with E-state index in [1.165, 1.54) is 9.80 Å². The van der Waals surface area contributed by atoms with Crippen LogP contribution in [0.5, 0.6) is 0 Å². The molecule has 32 nitrogen and oxygen atoms in total. The Bertz CT molecular complexity index is 3010. The molecule has 96 heavy (non-hydrogen) atoms. The topological polar surface area (TPSA) is 545 Å². The first-order valence-electron chi connectivity index (χ1n) is 32.9. The van der Waals surface area contributed by atoms with Gasteiger partial charge in [0, 0.05) is 51.0 Å². The number of hydrogen-bond donors (Lipinski definition) is 16. The lowest BCUT2D eigenvalue weighted by molar-refractivity contribution is -0.144. The van der Waals surface area contributed by atoms with Crippen molar-refractivity contribution in [1.82, 2.24) is 52.3 Å². The minimum Gasteiger partial charge on any atom is -0.399 e. The third kappa shape index (κ3) is 27.1. The van der Waals surface area contributed by atoms with Crippen LogP contribution >= 0.6 is 0 Å². The molecule has 0 aliphatic carbocycles. The number of primary amides is 3. The maximum atomic E-state index is 14.7. The minimum absolute atomic E-state index is 0.0692. The zero-order valence-corrected chi connectivity index (χ0v) is 55.3. The van der Waals surface area contributed by atoms with Gasteiger partial charge in [-0.05, 0) is 119 Å². The van der Waals surface area contributed by atoms with E-state index in [0.717, 1.165) is 6.42 Å². The van der Waals surface area contributed by atoms with E-state index in [0.29, 0.717) is 61.8 Å². The van der Waals surface area contributed by atoms with Crippen LogP contribution in [0.3, 0.4) is 0 Å². The monoisotopic (exact) mass is 1340 g/mol. The molecule has 2 aromatic carbocycles. The number of nitrogens with zero attached hydrogens (tertiary/aromatic N) is 3. The maximum Gasteiger partial charge on any atom is 0.245 e. The summed E-state index contributed by atoms with van der Waals surface area (Å²) in [5, 5.41) is 21.1. The van der Waals surface area contributed by atoms with E-state index in [-0.39, 0.29) is 83.0 Å². The number of likely N-dealkylation sites (tertiary alicyclic amines) is 2. The second-order valence-electron chi connectivity index (χ2n) is 24.7. The molecule has 0 aromatic heterocycles. The van der Waals surface area contributed by atoms with Gasteiger partial charge in [0.1, 0.15) is 54.4 Å². The number of nitrogens with one attached hydrogen (secondary N) is 8. The molecule has 4 rings (SSSR count). The fourth-order valence-electron chi connectivity index (χ4n) is 11.2. The van der Waals surface area contributed by atoms with Crippen molar-refractivity contribution in [2.24, 2.45) is 51.0 Å². The number of carbonyl (C=O) groups excluding carboxylic acids is 13. The Labute approximate surface area is 559 Å². The smallest absolute Gasteiger partial charge is 0.245 e. The number of unbranched alkanes of at least 4 members (excludes halogenated alkanes) is 2. The highest BCUT2D eigenvalue weighted by atomic mass is 16.2. The van der Waals surface area contributed by atoms with Gasteiger partial charge in [0.25, 0.3) is 0 Å². The molecule has 2 aromatic rings. The van der Waals surface area contributed by atoms with Crippen LogP contribution in [0.4, 0.5) is 5.69 Å². The first-order chi connectivity index (χ1) is 45.6. The highest BCUT2D eigenvalue weighted by molar-refractivity contribution is 5.99. The van der Waals surface area contributed by atoms with Gasteiger partial charge in [0.05, 0.1) is 12.6 Å². The molecule has 0 spiro atoms. The van der Waals surface area contributed by atoms with Crippen molar-refractivity contribution < 1.29 is 62.3 Å². The van der Waals surface area contributed by atoms with Crippen molar-refractivity contribution in [2.75, 3.05) is 38.5 Å². The number of rotatable bonds is 42. The summed E-state index contributed by atoms with van der Waals surface area (Å²) in [4.78, 5) is 185. The molecule has 0 saturated carbocycles. The van der Waals surface area contributed by atoms with E-state index < -0.39 is 169 Å². The van der Waals surface area contributed by atoms with Crippen LogP contribution in [0.2, 0.25) is 0 Å². The highest BCUT2D eigenvalue weighted by Gasteiger charge is 2.42. The van der Waals surface area contributed by atoms with Crippen molar-refractivity contribution in [3.63, 3.8) is 0 Å². The van der Waals surface area contributed by atoms with Gasteiger partial charge in [-0.3, -0.25) is 67.3 Å². The number of amides is 13. The van der Waals surface area contributed by atoms with Crippen molar-refractivity contribution in [2.45, 2.75) is 203 Å². The Morgan fingerprint density at radius 1 is 0.531 bits per heavy atom. The number of benzene rings is 2. The van der Waals surface area contributed by atoms with Crippen LogP contribution in [-0.4, -0.2) is 186 Å². The standard InChI is InChI=1S/C64H101N19O13/c1-4-5-17-42(54(70)87)76-58(91)46(33-37(2)3)75-53(86)36-74-55(88)47(35-39-21-23-40(66)24-22-39)80-59(92)48(34-38-14-7-6-8-15-38)81-57(90)43(25-27-51(68)84)77-56(89)44(26-28-52(69)85)78-60(93)50-20-13-32-83(50)63(96)45(18-9-10-29-65)79-61(94)49-19-12-31-82(49)62(95)41(67)16-11-30-73-64(71)72/h6-8,14-15,21-24,37,41-50H,4-5,9-13,16-20,25-36,65-67H2,1-3H3,(H2,68,84)(H2,69,85)(H2,70,87)(H,74,88)(H,75,86)(H,76,91)(H,77,89)(H,78,93)(H,79,94)(H,80,92)(H,81,90)(H4,71,72,73)/t41-,42-,43-,44-,45-,46-,47-,48-,49-,50-/m0/s1. The molecule has 0 bridgehead atoms. The SMILES string of the molecule is CCCC[C@H](NC(=O)[C@H](CC(C)C)NC(=O)CNC(=O)[C@H](Cc1ccc(N)cc1)NC(=O)[C@H](Cc1ccccc1)NC(=O)[C@H](CCC(N)=O)NC(=O)[C@H](CCC(N)=O)NC(=O)[C@@H]1CCCN1C(=O)[C@H](CCCCN)NC(=O)[C@@H]1CCCN1C(=O)[C@@H](N)CCCN=C(N)N)C(N)=O. The third-order valence-electron chi connectivity index (χ3n) is 16.4. The van der Waals surface area contributed by atoms with E-state index >= 15 is 0 Å². The third-order valence-corrected chi connectivity index (χ3v) is 16.4. The van der Waals surface area contributed by atoms with Crippen molar-refractivity contribution in [1.29, 1.82) is 0 Å². The zero-order chi connectivity index (χ0) is 71.0. The predicted octanol–water partition coefficient (Wildman–Crippen LogP) is -3.69. The zero-order valence-electron chi connectivity index (χ0n) is 55.3. The van der Waals surface area contributed by atoms with Gasteiger partial charge < -0.3 is 98.2 Å². The van der Waals surface area contributed by atoms with Gasteiger partial charge in [0.2, 0.25) is 76.8 Å². The van der Waals surface area contributed by atoms with Gasteiger partial charge >= 0.3 is 0 Å². The molecular weight excluding hydrogens is 1240 g/mol. The first kappa shape index (κ1) is 79.0. The van der Waals surface area contributed by atoms with Gasteiger partial charge in [-0.2, -0.15) is 0 Å². The summed E-state index contributed by atoms with van der Waals surface area (Å²) < 4.78 is 0. The summed E-state index contributed by atoms with van der Waals surface area (Å²) in [5.41, 5.74) is 46.9. The van der Waals surface area contributed by atoms with E-state index in [1.54, 1.807) is 54.6 Å². The van der Waals surface area contributed by atoms with E-state index in [2.05, 4.69) is 47.5 Å². The van der Waals surface area contributed by atoms with Crippen molar-refractivity contribution in [3.05, 3.63) is 65.7 Å². The van der Waals surface area contributed by atoms with Crippen molar-refractivity contribution >= 4 is 88.4 Å². The Morgan fingerprint density at radius 3 is 1.55 bits per heavy atom. The Morgan fingerprint density at radius 2 is 1.02 bits per heavy atom. The average Bonchev–Trinajstić information content (AvgIpc) is 1.63.